The topological polar surface area (TPSA) is 3.24 Å². The van der Waals surface area contributed by atoms with Gasteiger partial charge in [-0.3, -0.25) is 0 Å². The van der Waals surface area contributed by atoms with Gasteiger partial charge in [0.15, 0.2) is 0 Å². The van der Waals surface area contributed by atoms with E-state index in [9.17, 15) is 0 Å². The van der Waals surface area contributed by atoms with Gasteiger partial charge in [-0.1, -0.05) is 50.8 Å². The monoisotopic (exact) mass is 323 g/mol. The number of hydrogen-bond donors (Lipinski definition) is 0. The van der Waals surface area contributed by atoms with Crippen molar-refractivity contribution in [2.45, 2.75) is 20.3 Å². The van der Waals surface area contributed by atoms with Crippen LogP contribution in [-0.2, 0) is 0 Å². The average Bonchev–Trinajstić information content (AvgIpc) is 2.53. The maximum Gasteiger partial charge on any atom is 0.00728 e. The summed E-state index contributed by atoms with van der Waals surface area (Å²) in [5.41, 5.74) is 2.54. The summed E-state index contributed by atoms with van der Waals surface area (Å²) in [6.45, 7) is 12.2. The van der Waals surface area contributed by atoms with Gasteiger partial charge in [-0.15, -0.1) is 0 Å². The lowest BCUT2D eigenvalue weighted by Crippen LogP contribution is -2.30. The molecular weight excluding hydrogens is 294 g/mol. The molecule has 0 aliphatic heterocycles. The van der Waals surface area contributed by atoms with E-state index in [4.69, 9.17) is 0 Å². The van der Waals surface area contributed by atoms with Gasteiger partial charge in [0.25, 0.3) is 0 Å². The minimum absolute atomic E-state index is 1.07. The SMILES string of the molecule is C=C(CCN(CCSCC)CCSCC)c1ccccc1. The van der Waals surface area contributed by atoms with E-state index in [0.29, 0.717) is 0 Å². The van der Waals surface area contributed by atoms with Crippen LogP contribution in [-0.4, -0.2) is 47.5 Å². The first-order chi connectivity index (χ1) is 10.3. The maximum atomic E-state index is 4.25. The Morgan fingerprint density at radius 1 is 0.952 bits per heavy atom. The smallest absolute Gasteiger partial charge is 0.00728 e. The highest BCUT2D eigenvalue weighted by Gasteiger charge is 2.06. The molecule has 0 N–H and O–H groups in total. The summed E-state index contributed by atoms with van der Waals surface area (Å²) < 4.78 is 0. The van der Waals surface area contributed by atoms with Crippen LogP contribution in [0.3, 0.4) is 0 Å². The lowest BCUT2D eigenvalue weighted by Gasteiger charge is -2.22. The molecule has 0 fully saturated rings. The first-order valence-electron chi connectivity index (χ1n) is 7.89. The molecule has 0 bridgehead atoms. The molecule has 3 heteroatoms. The highest BCUT2D eigenvalue weighted by molar-refractivity contribution is 7.99. The number of nitrogens with zero attached hydrogens (tertiary/aromatic N) is 1. The average molecular weight is 324 g/mol. The zero-order chi connectivity index (χ0) is 15.3. The molecule has 0 aliphatic carbocycles. The van der Waals surface area contributed by atoms with Gasteiger partial charge in [-0.05, 0) is 29.1 Å². The predicted octanol–water partition coefficient (Wildman–Crippen LogP) is 4.90. The molecule has 1 rings (SSSR count). The second kappa shape index (κ2) is 12.2. The van der Waals surface area contributed by atoms with Gasteiger partial charge in [0.1, 0.15) is 0 Å². The predicted molar refractivity (Wildman–Crippen MR) is 103 cm³/mol. The van der Waals surface area contributed by atoms with Crippen LogP contribution in [0.25, 0.3) is 5.57 Å². The Balaban J connectivity index is 2.37. The van der Waals surface area contributed by atoms with Crippen LogP contribution >= 0.6 is 23.5 Å². The van der Waals surface area contributed by atoms with Gasteiger partial charge in [0, 0.05) is 31.1 Å². The molecule has 1 aromatic rings. The first-order valence-corrected chi connectivity index (χ1v) is 10.2. The zero-order valence-electron chi connectivity index (χ0n) is 13.5. The second-order valence-electron chi connectivity index (χ2n) is 4.96. The van der Waals surface area contributed by atoms with E-state index in [1.807, 2.05) is 23.5 Å². The van der Waals surface area contributed by atoms with Crippen molar-refractivity contribution < 1.29 is 0 Å². The van der Waals surface area contributed by atoms with Crippen molar-refractivity contribution in [3.05, 3.63) is 42.5 Å². The number of thioether (sulfide) groups is 2. The maximum absolute atomic E-state index is 4.25. The summed E-state index contributed by atoms with van der Waals surface area (Å²) in [4.78, 5) is 2.60. The molecule has 118 valence electrons. The molecule has 0 radical (unpaired) electrons. The van der Waals surface area contributed by atoms with Crippen LogP contribution in [0.5, 0.6) is 0 Å². The van der Waals surface area contributed by atoms with E-state index in [2.05, 4.69) is 55.7 Å². The lowest BCUT2D eigenvalue weighted by atomic mass is 10.0. The van der Waals surface area contributed by atoms with E-state index in [1.54, 1.807) is 0 Å². The van der Waals surface area contributed by atoms with Gasteiger partial charge in [0.05, 0.1) is 0 Å². The summed E-state index contributed by atoms with van der Waals surface area (Å²) in [5.74, 6) is 4.92. The summed E-state index contributed by atoms with van der Waals surface area (Å²) in [6.07, 6.45) is 1.07. The van der Waals surface area contributed by atoms with Gasteiger partial charge >= 0.3 is 0 Å². The van der Waals surface area contributed by atoms with Crippen LogP contribution in [0.15, 0.2) is 36.9 Å². The van der Waals surface area contributed by atoms with Crippen molar-refractivity contribution in [3.8, 4) is 0 Å². The summed E-state index contributed by atoms with van der Waals surface area (Å²) >= 11 is 4.07. The van der Waals surface area contributed by atoms with E-state index in [-0.39, 0.29) is 0 Å². The summed E-state index contributed by atoms with van der Waals surface area (Å²) in [7, 11) is 0. The molecule has 0 saturated heterocycles. The Morgan fingerprint density at radius 2 is 1.52 bits per heavy atom. The van der Waals surface area contributed by atoms with Crippen molar-refractivity contribution in [1.82, 2.24) is 4.90 Å². The van der Waals surface area contributed by atoms with Crippen LogP contribution in [0.2, 0.25) is 0 Å². The third-order valence-electron chi connectivity index (χ3n) is 3.42. The summed E-state index contributed by atoms with van der Waals surface area (Å²) in [6, 6.07) is 10.6. The number of rotatable bonds is 12. The number of hydrogen-bond acceptors (Lipinski definition) is 3. The van der Waals surface area contributed by atoms with Crippen molar-refractivity contribution in [1.29, 1.82) is 0 Å². The van der Waals surface area contributed by atoms with Crippen LogP contribution in [0.1, 0.15) is 25.8 Å². The van der Waals surface area contributed by atoms with Gasteiger partial charge < -0.3 is 4.90 Å². The van der Waals surface area contributed by atoms with Gasteiger partial charge in [-0.2, -0.15) is 23.5 Å². The molecule has 0 aliphatic rings. The molecule has 21 heavy (non-hydrogen) atoms. The molecule has 1 nitrogen and oxygen atoms in total. The first kappa shape index (κ1) is 18.7. The largest absolute Gasteiger partial charge is 0.301 e. The van der Waals surface area contributed by atoms with E-state index in [1.165, 1.54) is 47.2 Å². The Morgan fingerprint density at radius 3 is 2.05 bits per heavy atom. The Kier molecular flexibility index (Phi) is 10.8. The molecule has 1 aromatic carbocycles. The van der Waals surface area contributed by atoms with Crippen molar-refractivity contribution >= 4 is 29.1 Å². The van der Waals surface area contributed by atoms with Crippen LogP contribution < -0.4 is 0 Å². The molecule has 0 spiro atoms. The van der Waals surface area contributed by atoms with Crippen molar-refractivity contribution in [3.63, 3.8) is 0 Å². The number of benzene rings is 1. The third kappa shape index (κ3) is 8.60. The highest BCUT2D eigenvalue weighted by atomic mass is 32.2. The molecule has 0 atom stereocenters. The fraction of sp³-hybridized carbons (Fsp3) is 0.556. The molecule has 0 aromatic heterocycles. The van der Waals surface area contributed by atoms with E-state index < -0.39 is 0 Å². The molecular formula is C18H29NS2. The minimum atomic E-state index is 1.07. The second-order valence-corrected chi connectivity index (χ2v) is 7.74. The zero-order valence-corrected chi connectivity index (χ0v) is 15.1. The fourth-order valence-electron chi connectivity index (χ4n) is 2.12. The molecule has 0 unspecified atom stereocenters. The summed E-state index contributed by atoms with van der Waals surface area (Å²) in [5, 5.41) is 0. The standard InChI is InChI=1S/C18H29NS2/c1-4-20-15-13-19(14-16-21-5-2)12-11-17(3)18-9-7-6-8-10-18/h6-10H,3-5,11-16H2,1-2H3. The lowest BCUT2D eigenvalue weighted by molar-refractivity contribution is 0.317. The van der Waals surface area contributed by atoms with Crippen LogP contribution in [0, 0.1) is 0 Å². The Bertz CT molecular complexity index is 368. The Labute approximate surface area is 139 Å². The van der Waals surface area contributed by atoms with Crippen molar-refractivity contribution in [2.24, 2.45) is 0 Å². The van der Waals surface area contributed by atoms with Crippen molar-refractivity contribution in [2.75, 3.05) is 42.6 Å². The normalized spacial score (nSPS) is 11.0. The van der Waals surface area contributed by atoms with Crippen LogP contribution in [0.4, 0.5) is 0 Å². The van der Waals surface area contributed by atoms with Gasteiger partial charge in [0.2, 0.25) is 0 Å². The van der Waals surface area contributed by atoms with E-state index in [0.717, 1.165) is 13.0 Å². The fourth-order valence-corrected chi connectivity index (χ4v) is 3.47. The quantitative estimate of drug-likeness (QED) is 0.504. The minimum Gasteiger partial charge on any atom is -0.301 e. The Hall–Kier alpha value is -0.380. The van der Waals surface area contributed by atoms with E-state index >= 15 is 0 Å². The third-order valence-corrected chi connectivity index (χ3v) is 5.18. The highest BCUT2D eigenvalue weighted by Crippen LogP contribution is 2.16. The molecule has 0 saturated carbocycles. The van der Waals surface area contributed by atoms with Gasteiger partial charge in [-0.25, -0.2) is 0 Å². The molecule has 0 heterocycles. The molecule has 0 amide bonds.